The first-order valence-electron chi connectivity index (χ1n) is 23.0. The summed E-state index contributed by atoms with van der Waals surface area (Å²) in [5, 5.41) is 3.92. The Morgan fingerprint density at radius 3 is 0.843 bits per heavy atom. The number of benzene rings is 7. The highest BCUT2D eigenvalue weighted by atomic mass is 28.6. The van der Waals surface area contributed by atoms with Crippen LogP contribution in [0.1, 0.15) is 13.3 Å². The summed E-state index contributed by atoms with van der Waals surface area (Å²) in [6.45, 7) is 1.44. The third-order valence-electron chi connectivity index (χ3n) is 12.4. The van der Waals surface area contributed by atoms with Crippen LogP contribution in [0.4, 0.5) is 0 Å². The summed E-state index contributed by atoms with van der Waals surface area (Å²) in [5.74, 6) is -0.420. The normalized spacial score (nSPS) is 33.2. The van der Waals surface area contributed by atoms with Crippen LogP contribution in [0, 0.1) is 0 Å². The van der Waals surface area contributed by atoms with E-state index in [1.54, 1.807) is 0 Å². The minimum absolute atomic E-state index is 0.0584. The monoisotopic (exact) mass is 1070 g/mol. The van der Waals surface area contributed by atoms with Crippen LogP contribution in [0.3, 0.4) is 0 Å². The zero-order valence-electron chi connectivity index (χ0n) is 37.8. The van der Waals surface area contributed by atoms with E-state index in [2.05, 4.69) is 0 Å². The Hall–Kier alpha value is -4.73. The molecular formula is C48H46O14Si8. The lowest BCUT2D eigenvalue weighted by atomic mass is 10.4. The van der Waals surface area contributed by atoms with E-state index in [-0.39, 0.29) is 18.9 Å². The van der Waals surface area contributed by atoms with Crippen molar-refractivity contribution in [2.45, 2.75) is 19.4 Å². The average molecular weight is 1070 g/mol. The quantitative estimate of drug-likeness (QED) is 0.107. The van der Waals surface area contributed by atoms with Crippen LogP contribution in [-0.4, -0.2) is 89.0 Å². The lowest BCUT2D eigenvalue weighted by Crippen LogP contribution is -2.92. The molecule has 4 unspecified atom stereocenters. The largest absolute Gasteiger partial charge is 0.522 e. The van der Waals surface area contributed by atoms with Crippen LogP contribution in [-0.2, 0) is 59.2 Å². The van der Waals surface area contributed by atoms with E-state index in [0.29, 0.717) is 42.7 Å². The van der Waals surface area contributed by atoms with Crippen LogP contribution in [0.15, 0.2) is 212 Å². The second-order valence-electron chi connectivity index (χ2n) is 17.2. The third-order valence-corrected chi connectivity index (χ3v) is 46.7. The van der Waals surface area contributed by atoms with Gasteiger partial charge in [-0.2, -0.15) is 0 Å². The van der Waals surface area contributed by atoms with Gasteiger partial charge in [-0.15, -0.1) is 0 Å². The maximum absolute atomic E-state index is 12.3. The Morgan fingerprint density at radius 2 is 0.586 bits per heavy atom. The molecule has 354 valence electrons. The third kappa shape index (κ3) is 8.08. The first-order chi connectivity index (χ1) is 34.1. The van der Waals surface area contributed by atoms with Crippen LogP contribution in [0.2, 0.25) is 6.04 Å². The molecule has 4 atom stereocenters. The van der Waals surface area contributed by atoms with Crippen molar-refractivity contribution in [1.82, 2.24) is 0 Å². The van der Waals surface area contributed by atoms with Gasteiger partial charge in [0.15, 0.2) is 0 Å². The van der Waals surface area contributed by atoms with Crippen molar-refractivity contribution < 1.29 is 59.2 Å². The maximum Gasteiger partial charge on any atom is 0.522 e. The molecule has 6 fully saturated rings. The Labute approximate surface area is 413 Å². The van der Waals surface area contributed by atoms with Crippen molar-refractivity contribution in [3.63, 3.8) is 0 Å². The Balaban J connectivity index is 1.28. The first kappa shape index (κ1) is 46.3. The van der Waals surface area contributed by atoms with Crippen molar-refractivity contribution in [3.8, 4) is 0 Å². The van der Waals surface area contributed by atoms with Gasteiger partial charge >= 0.3 is 76.2 Å². The van der Waals surface area contributed by atoms with Gasteiger partial charge in [0.05, 0.1) is 12.8 Å². The standard InChI is InChI=1S/C48H46O14Si8/c1-41(49)50-38-23-39-63-40-51-64(42-24-9-2-10-25-42)54-67(45-30-15-5-16-31-45)56-65(52-63,43-26-11-3-12-27-43)58-69(47-34-19-7-20-35-47)59-66(53-63,44-28-13-4-14-29-44)57-68(55-64,46-32-17-6-18-33-46)61-70(60-67,62-69)48-36-21-8-22-37-48/h2-22,24-37H,23,38-40H2,1H3. The second kappa shape index (κ2) is 18.1. The van der Waals surface area contributed by atoms with Gasteiger partial charge in [0.1, 0.15) is 0 Å². The molecule has 13 rings (SSSR count). The van der Waals surface area contributed by atoms with E-state index in [4.69, 9.17) is 54.4 Å². The van der Waals surface area contributed by atoms with Crippen LogP contribution in [0.5, 0.6) is 0 Å². The SMILES string of the molecule is CC(=O)OCCC[Si]12CO[Si]3(c4ccccc4)O[Si]4(c5ccccc5)O[Si](c5ccccc5)(O1)O[Si]1(c5ccccc5)O[Si](c5ccccc5)(O2)O[Si](c2ccccc2)(O3)O[Si](c2ccccc2)(O4)O1. The maximum atomic E-state index is 12.3. The van der Waals surface area contributed by atoms with Crippen molar-refractivity contribution in [2.75, 3.05) is 12.8 Å². The van der Waals surface area contributed by atoms with Gasteiger partial charge in [0.25, 0.3) is 0 Å². The topological polar surface area (TPSA) is 137 Å². The minimum Gasteiger partial charge on any atom is -0.466 e. The highest BCUT2D eigenvalue weighted by Gasteiger charge is 2.84. The molecule has 6 heterocycles. The molecule has 0 radical (unpaired) electrons. The second-order valence-corrected chi connectivity index (χ2v) is 40.9. The molecule has 70 heavy (non-hydrogen) atoms. The molecule has 22 heteroatoms. The number of fused-ring (bicyclic) bond motifs is 1. The molecule has 0 spiro atoms. The fourth-order valence-electron chi connectivity index (χ4n) is 9.31. The number of rotatable bonds is 11. The van der Waals surface area contributed by atoms with Gasteiger partial charge in [-0.3, -0.25) is 4.79 Å². The van der Waals surface area contributed by atoms with Gasteiger partial charge in [0.2, 0.25) is 0 Å². The summed E-state index contributed by atoms with van der Waals surface area (Å²) in [6, 6.07) is 67.1. The number of hydrogen-bond acceptors (Lipinski definition) is 14. The van der Waals surface area contributed by atoms with Crippen LogP contribution >= 0.6 is 0 Å². The summed E-state index contributed by atoms with van der Waals surface area (Å²) in [6.07, 6.45) is 0.101. The van der Waals surface area contributed by atoms with Crippen molar-refractivity contribution in [2.24, 2.45) is 0 Å². The van der Waals surface area contributed by atoms with E-state index in [0.717, 1.165) is 0 Å². The molecule has 0 aliphatic carbocycles. The Morgan fingerprint density at radius 1 is 0.357 bits per heavy atom. The predicted molar refractivity (Wildman–Crippen MR) is 273 cm³/mol. The Kier molecular flexibility index (Phi) is 12.0. The fourth-order valence-corrected chi connectivity index (χ4v) is 54.8. The Bertz CT molecular complexity index is 2850. The van der Waals surface area contributed by atoms with E-state index in [1.165, 1.54) is 6.92 Å². The molecular weight excluding hydrogens is 1030 g/mol. The number of hydrogen-bond donors (Lipinski definition) is 0. The van der Waals surface area contributed by atoms with E-state index < -0.39 is 76.2 Å². The zero-order valence-corrected chi connectivity index (χ0v) is 45.8. The zero-order chi connectivity index (χ0) is 47.4. The smallest absolute Gasteiger partial charge is 0.466 e. The molecule has 6 aliphatic rings. The van der Waals surface area contributed by atoms with Gasteiger partial charge < -0.3 is 54.4 Å². The first-order valence-corrected chi connectivity index (χ1v) is 37.3. The van der Waals surface area contributed by atoms with E-state index >= 15 is 0 Å². The highest BCUT2D eigenvalue weighted by molar-refractivity contribution is 7.12. The van der Waals surface area contributed by atoms with Gasteiger partial charge in [0, 0.05) is 43.2 Å². The molecule has 6 aliphatic heterocycles. The minimum atomic E-state index is -4.79. The van der Waals surface area contributed by atoms with Gasteiger partial charge in [-0.05, 0) is 12.5 Å². The van der Waals surface area contributed by atoms with Crippen LogP contribution in [0.25, 0.3) is 0 Å². The van der Waals surface area contributed by atoms with Gasteiger partial charge in [-0.1, -0.05) is 212 Å². The summed E-state index contributed by atoms with van der Waals surface area (Å²) in [5.41, 5.74) is 0. The number of esters is 1. The summed E-state index contributed by atoms with van der Waals surface area (Å²) < 4.78 is 102. The van der Waals surface area contributed by atoms with Crippen molar-refractivity contribution in [1.29, 1.82) is 0 Å². The average Bonchev–Trinajstić information content (AvgIpc) is 3.48. The summed E-state index contributed by atoms with van der Waals surface area (Å²) in [7, 11) is -37.4. The predicted octanol–water partition coefficient (Wildman–Crippen LogP) is 3.11. The molecule has 0 amide bonds. The molecule has 6 saturated heterocycles. The number of carbonyl (C=O) groups is 1. The highest BCUT2D eigenvalue weighted by Crippen LogP contribution is 2.47. The number of ether oxygens (including phenoxy) is 1. The summed E-state index contributed by atoms with van der Waals surface area (Å²) >= 11 is 0. The van der Waals surface area contributed by atoms with Crippen molar-refractivity contribution in [3.05, 3.63) is 212 Å². The lowest BCUT2D eigenvalue weighted by molar-refractivity contribution is -0.141. The molecule has 0 saturated carbocycles. The molecule has 7 aromatic rings. The fraction of sp³-hybridized carbons (Fsp3) is 0.104. The molecule has 7 aromatic carbocycles. The van der Waals surface area contributed by atoms with E-state index in [1.807, 2.05) is 212 Å². The molecule has 14 nitrogen and oxygen atoms in total. The van der Waals surface area contributed by atoms with Crippen molar-refractivity contribution >= 4 is 112 Å². The molecule has 0 N–H and O–H groups in total. The molecule has 8 bridgehead atoms. The molecule has 0 aromatic heterocycles. The van der Waals surface area contributed by atoms with Crippen LogP contribution < -0.4 is 36.3 Å². The van der Waals surface area contributed by atoms with E-state index in [9.17, 15) is 4.79 Å². The summed E-state index contributed by atoms with van der Waals surface area (Å²) in [4.78, 5) is 12.3. The van der Waals surface area contributed by atoms with Gasteiger partial charge in [-0.25, -0.2) is 0 Å². The lowest BCUT2D eigenvalue weighted by Gasteiger charge is -2.59. The number of carbonyl (C=O) groups excluding carboxylic acids is 1.